The second-order valence-corrected chi connectivity index (χ2v) is 3.43. The monoisotopic (exact) mass is 221 g/mol. The molecule has 0 aromatic heterocycles. The number of ether oxygens (including phenoxy) is 1. The molecule has 84 valence electrons. The normalized spacial score (nSPS) is 13.9. The Balaban J connectivity index is 2.24. The summed E-state index contributed by atoms with van der Waals surface area (Å²) in [5.74, 6) is -0.912. The van der Waals surface area contributed by atoms with Crippen LogP contribution in [-0.4, -0.2) is 30.1 Å². The number of aliphatic carboxylic acids is 1. The van der Waals surface area contributed by atoms with E-state index in [2.05, 4.69) is 0 Å². The predicted octanol–water partition coefficient (Wildman–Crippen LogP) is 0.887. The molecule has 5 heteroatoms. The van der Waals surface area contributed by atoms with Crippen LogP contribution in [0.15, 0.2) is 24.3 Å². The number of amides is 1. The molecule has 0 spiro atoms. The van der Waals surface area contributed by atoms with Crippen molar-refractivity contribution in [3.8, 4) is 5.75 Å². The first-order valence-corrected chi connectivity index (χ1v) is 4.92. The molecule has 0 saturated heterocycles. The zero-order valence-corrected chi connectivity index (χ0v) is 8.55. The number of fused-ring (bicyclic) bond motifs is 1. The molecule has 0 radical (unpaired) electrons. The predicted molar refractivity (Wildman–Crippen MR) is 56.5 cm³/mol. The Hall–Kier alpha value is -2.04. The van der Waals surface area contributed by atoms with Gasteiger partial charge in [-0.25, -0.2) is 0 Å². The molecule has 0 atom stereocenters. The van der Waals surface area contributed by atoms with Crippen molar-refractivity contribution in [3.63, 3.8) is 0 Å². The quantitative estimate of drug-likeness (QED) is 0.753. The maximum atomic E-state index is 11.7. The van der Waals surface area contributed by atoms with Gasteiger partial charge in [0.1, 0.15) is 18.8 Å². The van der Waals surface area contributed by atoms with Crippen LogP contribution in [0.4, 0.5) is 5.69 Å². The Morgan fingerprint density at radius 2 is 2.12 bits per heavy atom. The van der Waals surface area contributed by atoms with E-state index in [-0.39, 0.29) is 0 Å². The minimum atomic E-state index is -1.12. The number of rotatable bonds is 2. The van der Waals surface area contributed by atoms with Crippen molar-refractivity contribution >= 4 is 17.6 Å². The lowest BCUT2D eigenvalue weighted by Gasteiger charge is -2.29. The van der Waals surface area contributed by atoms with Crippen LogP contribution in [0, 0.1) is 0 Å². The molecular formula is C11H11NO4. The van der Waals surface area contributed by atoms with E-state index in [1.807, 2.05) is 6.07 Å². The van der Waals surface area contributed by atoms with E-state index in [9.17, 15) is 9.59 Å². The van der Waals surface area contributed by atoms with E-state index < -0.39 is 18.3 Å². The van der Waals surface area contributed by atoms with Gasteiger partial charge in [0.15, 0.2) is 0 Å². The molecule has 1 aromatic carbocycles. The fourth-order valence-corrected chi connectivity index (χ4v) is 1.65. The molecule has 5 nitrogen and oxygen atoms in total. The number of carboxylic acids is 1. The lowest BCUT2D eigenvalue weighted by atomic mass is 10.2. The average molecular weight is 221 g/mol. The van der Waals surface area contributed by atoms with Crippen LogP contribution in [-0.2, 0) is 9.59 Å². The van der Waals surface area contributed by atoms with Crippen molar-refractivity contribution in [2.24, 2.45) is 0 Å². The second kappa shape index (κ2) is 4.22. The minimum absolute atomic E-state index is 0.391. The summed E-state index contributed by atoms with van der Waals surface area (Å²) < 4.78 is 5.37. The molecule has 1 aliphatic heterocycles. The van der Waals surface area contributed by atoms with Gasteiger partial charge in [-0.2, -0.15) is 0 Å². The number of anilines is 1. The third-order valence-corrected chi connectivity index (χ3v) is 2.33. The summed E-state index contributed by atoms with van der Waals surface area (Å²) in [4.78, 5) is 23.6. The highest BCUT2D eigenvalue weighted by molar-refractivity contribution is 6.03. The summed E-state index contributed by atoms with van der Waals surface area (Å²) in [6.45, 7) is 0.783. The molecule has 2 rings (SSSR count). The van der Waals surface area contributed by atoms with Crippen molar-refractivity contribution in [3.05, 3.63) is 24.3 Å². The van der Waals surface area contributed by atoms with Gasteiger partial charge in [-0.1, -0.05) is 12.1 Å². The number of carbonyl (C=O) groups excluding carboxylic acids is 1. The van der Waals surface area contributed by atoms with Crippen LogP contribution >= 0.6 is 0 Å². The Morgan fingerprint density at radius 1 is 1.38 bits per heavy atom. The van der Waals surface area contributed by atoms with Gasteiger partial charge in [0, 0.05) is 0 Å². The van der Waals surface area contributed by atoms with E-state index >= 15 is 0 Å². The van der Waals surface area contributed by atoms with Crippen LogP contribution in [0.5, 0.6) is 5.75 Å². The molecule has 0 fully saturated rings. The minimum Gasteiger partial charge on any atom is -0.490 e. The van der Waals surface area contributed by atoms with Crippen LogP contribution in [0.3, 0.4) is 0 Å². The highest BCUT2D eigenvalue weighted by atomic mass is 16.5. The van der Waals surface area contributed by atoms with Gasteiger partial charge in [-0.15, -0.1) is 0 Å². The van der Waals surface area contributed by atoms with Crippen molar-refractivity contribution in [1.82, 2.24) is 0 Å². The number of benzene rings is 1. The van der Waals surface area contributed by atoms with Gasteiger partial charge >= 0.3 is 5.97 Å². The molecule has 1 aromatic rings. The second-order valence-electron chi connectivity index (χ2n) is 3.43. The van der Waals surface area contributed by atoms with Crippen molar-refractivity contribution in [2.75, 3.05) is 18.1 Å². The number of para-hydroxylation sites is 2. The van der Waals surface area contributed by atoms with Crippen molar-refractivity contribution in [1.29, 1.82) is 0 Å². The zero-order chi connectivity index (χ0) is 11.5. The summed E-state index contributed by atoms with van der Waals surface area (Å²) in [5, 5.41) is 8.58. The smallest absolute Gasteiger partial charge is 0.312 e. The van der Waals surface area contributed by atoms with Gasteiger partial charge in [0.25, 0.3) is 0 Å². The molecule has 0 unspecified atom stereocenters. The topological polar surface area (TPSA) is 66.8 Å². The standard InChI is InChI=1S/C11H11NO4/c13-10(7-11(14)15)12-5-6-16-9-4-2-1-3-8(9)12/h1-4H,5-7H2,(H,14,15). The van der Waals surface area contributed by atoms with Crippen LogP contribution < -0.4 is 9.64 Å². The Kier molecular flexibility index (Phi) is 2.76. The fraction of sp³-hybridized carbons (Fsp3) is 0.273. The molecule has 16 heavy (non-hydrogen) atoms. The SMILES string of the molecule is O=C(O)CC(=O)N1CCOc2ccccc21. The van der Waals surface area contributed by atoms with Gasteiger partial charge < -0.3 is 14.7 Å². The Morgan fingerprint density at radius 3 is 2.88 bits per heavy atom. The number of hydrogen-bond acceptors (Lipinski definition) is 3. The zero-order valence-electron chi connectivity index (χ0n) is 8.55. The van der Waals surface area contributed by atoms with Crippen molar-refractivity contribution in [2.45, 2.75) is 6.42 Å². The van der Waals surface area contributed by atoms with Gasteiger partial charge in [0.2, 0.25) is 5.91 Å². The van der Waals surface area contributed by atoms with Gasteiger partial charge in [-0.05, 0) is 12.1 Å². The lowest BCUT2D eigenvalue weighted by Crippen LogP contribution is -2.38. The highest BCUT2D eigenvalue weighted by Crippen LogP contribution is 2.31. The largest absolute Gasteiger partial charge is 0.490 e. The number of carbonyl (C=O) groups is 2. The molecule has 1 aliphatic rings. The first-order valence-electron chi connectivity index (χ1n) is 4.92. The summed E-state index contributed by atoms with van der Waals surface area (Å²) in [5.41, 5.74) is 0.639. The van der Waals surface area contributed by atoms with E-state index in [1.165, 1.54) is 4.90 Å². The number of nitrogens with zero attached hydrogens (tertiary/aromatic N) is 1. The highest BCUT2D eigenvalue weighted by Gasteiger charge is 2.24. The number of hydrogen-bond donors (Lipinski definition) is 1. The summed E-state index contributed by atoms with van der Waals surface area (Å²) >= 11 is 0. The van der Waals surface area contributed by atoms with Crippen LogP contribution in [0.1, 0.15) is 6.42 Å². The Labute approximate surface area is 92.2 Å². The molecule has 0 bridgehead atoms. The third kappa shape index (κ3) is 1.98. The van der Waals surface area contributed by atoms with Gasteiger partial charge in [-0.3, -0.25) is 9.59 Å². The summed E-state index contributed by atoms with van der Waals surface area (Å²) in [7, 11) is 0. The van der Waals surface area contributed by atoms with Crippen molar-refractivity contribution < 1.29 is 19.4 Å². The van der Waals surface area contributed by atoms with E-state index in [1.54, 1.807) is 18.2 Å². The Bertz CT molecular complexity index is 430. The third-order valence-electron chi connectivity index (χ3n) is 2.33. The maximum absolute atomic E-state index is 11.7. The molecular weight excluding hydrogens is 210 g/mol. The maximum Gasteiger partial charge on any atom is 0.312 e. The molecule has 0 saturated carbocycles. The lowest BCUT2D eigenvalue weighted by molar-refractivity contribution is -0.140. The van der Waals surface area contributed by atoms with E-state index in [4.69, 9.17) is 9.84 Å². The molecule has 0 aliphatic carbocycles. The molecule has 1 amide bonds. The fourth-order valence-electron chi connectivity index (χ4n) is 1.65. The summed E-state index contributed by atoms with van der Waals surface area (Å²) in [6, 6.07) is 7.10. The van der Waals surface area contributed by atoms with Crippen LogP contribution in [0.25, 0.3) is 0 Å². The van der Waals surface area contributed by atoms with Crippen LogP contribution in [0.2, 0.25) is 0 Å². The van der Waals surface area contributed by atoms with Gasteiger partial charge in [0.05, 0.1) is 12.2 Å². The molecule has 1 N–H and O–H groups in total. The average Bonchev–Trinajstić information content (AvgIpc) is 2.27. The van der Waals surface area contributed by atoms with E-state index in [0.29, 0.717) is 24.6 Å². The molecule has 1 heterocycles. The van der Waals surface area contributed by atoms with E-state index in [0.717, 1.165) is 0 Å². The summed E-state index contributed by atoms with van der Waals surface area (Å²) in [6.07, 6.45) is -0.492. The number of carboxylic acid groups (broad SMARTS) is 1. The first-order chi connectivity index (χ1) is 7.68. The first kappa shape index (κ1) is 10.5.